The van der Waals surface area contributed by atoms with E-state index in [-0.39, 0.29) is 48.5 Å². The minimum atomic E-state index is -3.88. The zero-order chi connectivity index (χ0) is 30.2. The predicted molar refractivity (Wildman–Crippen MR) is 149 cm³/mol. The van der Waals surface area contributed by atoms with E-state index in [1.54, 1.807) is 0 Å². The first-order chi connectivity index (χ1) is 19.5. The zero-order valence-corrected chi connectivity index (χ0v) is 24.6. The average Bonchev–Trinajstić information content (AvgIpc) is 3.49. The lowest BCUT2D eigenvalue weighted by Crippen LogP contribution is -2.35. The fraction of sp³-hybridized carbons (Fsp3) is 0.680. The van der Waals surface area contributed by atoms with E-state index in [0.717, 1.165) is 12.8 Å². The van der Waals surface area contributed by atoms with Crippen LogP contribution in [0.1, 0.15) is 66.0 Å². The van der Waals surface area contributed by atoms with Gasteiger partial charge in [-0.15, -0.1) is 0 Å². The number of fused-ring (bicyclic) bond motifs is 1. The van der Waals surface area contributed by atoms with Gasteiger partial charge in [0, 0.05) is 6.16 Å². The van der Waals surface area contributed by atoms with Crippen LogP contribution in [-0.4, -0.2) is 86.1 Å². The molecule has 0 aliphatic carbocycles. The Kier molecular flexibility index (Phi) is 11.7. The molecule has 2 aromatic heterocycles. The van der Waals surface area contributed by atoms with Crippen molar-refractivity contribution in [2.24, 2.45) is 4.76 Å². The van der Waals surface area contributed by atoms with Gasteiger partial charge in [0.05, 0.1) is 25.6 Å². The van der Waals surface area contributed by atoms with E-state index in [1.807, 2.05) is 13.8 Å². The average molecular weight is 600 g/mol. The van der Waals surface area contributed by atoms with Crippen molar-refractivity contribution in [1.82, 2.24) is 24.6 Å². The maximum atomic E-state index is 15.2. The van der Waals surface area contributed by atoms with Crippen molar-refractivity contribution >= 4 is 42.1 Å². The number of carbonyl (C=O) groups excluding carboxylic acids is 2. The fourth-order valence-electron chi connectivity index (χ4n) is 4.16. The number of ether oxygens (including phenoxy) is 3. The number of imidazole rings is 1. The number of aliphatic hydroxyl groups is 1. The van der Waals surface area contributed by atoms with Gasteiger partial charge in [-0.3, -0.25) is 13.9 Å². The van der Waals surface area contributed by atoms with Crippen LogP contribution in [0.4, 0.5) is 10.2 Å². The number of aromatic nitrogens is 4. The zero-order valence-electron chi connectivity index (χ0n) is 23.7. The largest absolute Gasteiger partial charge is 0.465 e. The van der Waals surface area contributed by atoms with Gasteiger partial charge in [-0.25, -0.2) is 34.0 Å². The Bertz CT molecular complexity index is 1280. The molecule has 14 nitrogen and oxygen atoms in total. The number of nitrogens with zero attached hydrogens (tertiary/aromatic N) is 5. The number of rotatable bonds is 15. The predicted octanol–water partition coefficient (Wildman–Crippen LogP) is 2.71. The molecular formula is C25H39FN7O7P. The molecule has 2 aromatic rings. The molecule has 1 fully saturated rings. The van der Waals surface area contributed by atoms with Gasteiger partial charge < -0.3 is 25.1 Å². The molecule has 0 spiro atoms. The minimum absolute atomic E-state index is 0.107. The quantitative estimate of drug-likeness (QED) is 0.117. The van der Waals surface area contributed by atoms with Crippen LogP contribution in [0.3, 0.4) is 0 Å². The van der Waals surface area contributed by atoms with Crippen LogP contribution >= 0.6 is 7.44 Å². The molecule has 3 rings (SSSR count). The molecule has 0 aromatic carbocycles. The van der Waals surface area contributed by atoms with Crippen molar-refractivity contribution < 1.29 is 37.9 Å². The Morgan fingerprint density at radius 1 is 1.24 bits per heavy atom. The van der Waals surface area contributed by atoms with Crippen LogP contribution in [0.25, 0.3) is 11.2 Å². The molecule has 4 N–H and O–H groups in total. The molecule has 1 saturated heterocycles. The highest BCUT2D eigenvalue weighted by Gasteiger charge is 2.46. The number of unbranched alkanes of at least 4 members (excludes halogenated alkanes) is 2. The number of halogens is 1. The third kappa shape index (κ3) is 8.28. The van der Waals surface area contributed by atoms with Crippen molar-refractivity contribution in [3.8, 4) is 0 Å². The van der Waals surface area contributed by atoms with Crippen LogP contribution < -0.4 is 10.8 Å². The molecule has 0 saturated carbocycles. The molecule has 1 unspecified atom stereocenters. The first kappa shape index (κ1) is 32.5. The first-order valence-electron chi connectivity index (χ1n) is 13.7. The second-order valence-electron chi connectivity index (χ2n) is 9.84. The first-order valence-corrected chi connectivity index (χ1v) is 15.5. The van der Waals surface area contributed by atoms with E-state index < -0.39 is 50.0 Å². The molecule has 0 radical (unpaired) electrons. The summed E-state index contributed by atoms with van der Waals surface area (Å²) in [4.78, 5) is 36.9. The lowest BCUT2D eigenvalue weighted by molar-refractivity contribution is -0.145. The maximum absolute atomic E-state index is 15.2. The van der Waals surface area contributed by atoms with Gasteiger partial charge in [0.1, 0.15) is 29.7 Å². The number of nitrogen functional groups attached to an aromatic ring is 1. The summed E-state index contributed by atoms with van der Waals surface area (Å²) in [6, 6.07) is -1.02. The normalized spacial score (nSPS) is 23.3. The highest BCUT2D eigenvalue weighted by atomic mass is 31.2. The molecule has 1 aliphatic rings. The number of nitrogens with one attached hydrogen (secondary N) is 1. The van der Waals surface area contributed by atoms with E-state index >= 15 is 4.39 Å². The lowest BCUT2D eigenvalue weighted by atomic mass is 10.1. The van der Waals surface area contributed by atoms with E-state index in [0.29, 0.717) is 12.8 Å². The van der Waals surface area contributed by atoms with Gasteiger partial charge in [-0.1, -0.05) is 26.7 Å². The van der Waals surface area contributed by atoms with Gasteiger partial charge in [0.15, 0.2) is 23.9 Å². The molecule has 0 bridgehead atoms. The van der Waals surface area contributed by atoms with Crippen LogP contribution in [0.5, 0.6) is 0 Å². The molecule has 0 amide bonds. The van der Waals surface area contributed by atoms with Crippen molar-refractivity contribution in [2.75, 3.05) is 25.1 Å². The summed E-state index contributed by atoms with van der Waals surface area (Å²) in [7, 11) is -3.88. The third-order valence-corrected chi connectivity index (χ3v) is 8.78. The second-order valence-corrected chi connectivity index (χ2v) is 12.2. The number of nitrogens with two attached hydrogens (primary N) is 1. The Labute approximate surface area is 237 Å². The SMILES string of the molecule is CCCCOC(=O)C(C)=NP(=O)(CC[C@H]1O[C@@H](n2cnc3c(N)ncnc32)[C@H](F)[C@@H]1O)N[C@@H](C)C(=O)OCCCC. The number of esters is 2. The number of alkyl halides is 1. The summed E-state index contributed by atoms with van der Waals surface area (Å²) < 4.78 is 50.9. The Morgan fingerprint density at radius 3 is 2.61 bits per heavy atom. The monoisotopic (exact) mass is 599 g/mol. The summed E-state index contributed by atoms with van der Waals surface area (Å²) in [5.41, 5.74) is 6.14. The van der Waals surface area contributed by atoms with E-state index in [1.165, 1.54) is 31.1 Å². The van der Waals surface area contributed by atoms with E-state index in [2.05, 4.69) is 24.8 Å². The summed E-state index contributed by atoms with van der Waals surface area (Å²) in [5, 5.41) is 13.3. The number of carbonyl (C=O) groups is 2. The van der Waals surface area contributed by atoms with Gasteiger partial charge in [-0.05, 0) is 33.1 Å². The molecular weight excluding hydrogens is 560 g/mol. The standard InChI is InChI=1S/C25H39FN7O7P/c1-5-7-10-38-24(35)15(3)31-41(37,32-16(4)25(36)39-11-8-6-2)12-9-17-20(34)18(26)23(40-17)33-14-30-19-21(27)28-13-29-22(19)33/h13-15,17-18,20,23,34H,5-12H2,1-4H3,(H,31,37)(H2,27,28,29)/t15-,17+,18+,20+,23+,41?/m0/s1. The smallest absolute Gasteiger partial charge is 0.352 e. The lowest BCUT2D eigenvalue weighted by Gasteiger charge is -2.22. The number of aliphatic hydroxyl groups excluding tert-OH is 1. The number of hydrogen-bond acceptors (Lipinski definition) is 11. The summed E-state index contributed by atoms with van der Waals surface area (Å²) in [5.74, 6) is -1.27. The molecule has 3 heterocycles. The molecule has 1 aliphatic heterocycles. The highest BCUT2D eigenvalue weighted by molar-refractivity contribution is 7.60. The van der Waals surface area contributed by atoms with Gasteiger partial charge in [-0.2, -0.15) is 0 Å². The molecule has 6 atom stereocenters. The van der Waals surface area contributed by atoms with Crippen molar-refractivity contribution in [2.45, 2.75) is 90.4 Å². The molecule has 41 heavy (non-hydrogen) atoms. The van der Waals surface area contributed by atoms with Crippen LogP contribution in [0, 0.1) is 0 Å². The van der Waals surface area contributed by atoms with Gasteiger partial charge in [0.25, 0.3) is 7.44 Å². The van der Waals surface area contributed by atoms with Crippen LogP contribution in [0.15, 0.2) is 17.4 Å². The van der Waals surface area contributed by atoms with Crippen molar-refractivity contribution in [3.63, 3.8) is 0 Å². The fourth-order valence-corrected chi connectivity index (χ4v) is 6.33. The van der Waals surface area contributed by atoms with E-state index in [4.69, 9.17) is 19.9 Å². The number of anilines is 1. The molecule has 16 heteroatoms. The number of hydrogen-bond donors (Lipinski definition) is 3. The van der Waals surface area contributed by atoms with Crippen molar-refractivity contribution in [3.05, 3.63) is 12.7 Å². The van der Waals surface area contributed by atoms with Crippen LogP contribution in [0.2, 0.25) is 0 Å². The van der Waals surface area contributed by atoms with Gasteiger partial charge >= 0.3 is 11.9 Å². The maximum Gasteiger partial charge on any atom is 0.352 e. The second kappa shape index (κ2) is 14.8. The highest BCUT2D eigenvalue weighted by Crippen LogP contribution is 2.46. The Hall–Kier alpha value is -3.00. The topological polar surface area (TPSA) is 193 Å². The van der Waals surface area contributed by atoms with E-state index in [9.17, 15) is 19.3 Å². The summed E-state index contributed by atoms with van der Waals surface area (Å²) in [6.45, 7) is 7.11. The summed E-state index contributed by atoms with van der Waals surface area (Å²) >= 11 is 0. The minimum Gasteiger partial charge on any atom is -0.465 e. The Balaban J connectivity index is 1.77. The van der Waals surface area contributed by atoms with Crippen molar-refractivity contribution in [1.29, 1.82) is 0 Å². The third-order valence-electron chi connectivity index (χ3n) is 6.50. The summed E-state index contributed by atoms with van der Waals surface area (Å²) in [6.07, 6.45) is -0.748. The van der Waals surface area contributed by atoms with Crippen LogP contribution in [-0.2, 0) is 28.4 Å². The van der Waals surface area contributed by atoms with Gasteiger partial charge in [0.2, 0.25) is 0 Å². The Morgan fingerprint density at radius 2 is 1.93 bits per heavy atom. The molecule has 228 valence electrons.